The first-order valence-corrected chi connectivity index (χ1v) is 5.46. The van der Waals surface area contributed by atoms with Crippen LogP contribution >= 0.6 is 0 Å². The molecular weight excluding hydrogens is 162 g/mol. The Hall–Kier alpha value is -0.0800. The molecule has 78 valence electrons. The molecule has 0 aromatic heterocycles. The van der Waals surface area contributed by atoms with Gasteiger partial charge in [0.15, 0.2) is 0 Å². The Balaban J connectivity index is 2.66. The van der Waals surface area contributed by atoms with Crippen molar-refractivity contribution in [1.29, 1.82) is 0 Å². The number of rotatable bonds is 3. The molecule has 0 aliphatic heterocycles. The van der Waals surface area contributed by atoms with Crippen LogP contribution in [0.5, 0.6) is 0 Å². The molecule has 0 amide bonds. The molecule has 13 heavy (non-hydrogen) atoms. The summed E-state index contributed by atoms with van der Waals surface area (Å²) in [6, 6.07) is 0.533. The number of aliphatic hydroxyl groups is 1. The second-order valence-corrected chi connectivity index (χ2v) is 4.65. The summed E-state index contributed by atoms with van der Waals surface area (Å²) < 4.78 is 0. The highest BCUT2D eigenvalue weighted by Gasteiger charge is 2.36. The lowest BCUT2D eigenvalue weighted by Gasteiger charge is -2.45. The predicted molar refractivity (Wildman–Crippen MR) is 55.8 cm³/mol. The van der Waals surface area contributed by atoms with Crippen molar-refractivity contribution in [3.05, 3.63) is 0 Å². The predicted octanol–water partition coefficient (Wildman–Crippen LogP) is 2.02. The van der Waals surface area contributed by atoms with E-state index in [1.165, 1.54) is 19.3 Å². The second-order valence-electron chi connectivity index (χ2n) is 4.65. The molecule has 1 fully saturated rings. The average Bonchev–Trinajstić information content (AvgIpc) is 2.17. The van der Waals surface area contributed by atoms with Crippen LogP contribution in [0, 0.1) is 0 Å². The van der Waals surface area contributed by atoms with Gasteiger partial charge >= 0.3 is 0 Å². The minimum absolute atomic E-state index is 0.0897. The standard InChI is InChI=1S/C11H23NO/c1-10(2)12(3)11(9-13)7-5-4-6-8-11/h10,13H,4-9H2,1-3H3. The maximum absolute atomic E-state index is 9.52. The monoisotopic (exact) mass is 185 g/mol. The molecule has 0 atom stereocenters. The summed E-state index contributed by atoms with van der Waals surface area (Å²) in [4.78, 5) is 2.35. The van der Waals surface area contributed by atoms with Gasteiger partial charge in [-0.25, -0.2) is 0 Å². The highest BCUT2D eigenvalue weighted by molar-refractivity contribution is 4.92. The zero-order valence-electron chi connectivity index (χ0n) is 9.21. The van der Waals surface area contributed by atoms with Gasteiger partial charge in [0.2, 0.25) is 0 Å². The van der Waals surface area contributed by atoms with Crippen LogP contribution in [0.1, 0.15) is 46.0 Å². The number of aliphatic hydroxyl groups excluding tert-OH is 1. The van der Waals surface area contributed by atoms with E-state index in [2.05, 4.69) is 25.8 Å². The molecule has 0 spiro atoms. The zero-order valence-corrected chi connectivity index (χ0v) is 9.21. The van der Waals surface area contributed by atoms with Gasteiger partial charge in [-0.2, -0.15) is 0 Å². The summed E-state index contributed by atoms with van der Waals surface area (Å²) in [6.07, 6.45) is 6.22. The van der Waals surface area contributed by atoms with E-state index in [0.29, 0.717) is 12.6 Å². The van der Waals surface area contributed by atoms with Crippen molar-refractivity contribution in [3.63, 3.8) is 0 Å². The van der Waals surface area contributed by atoms with Gasteiger partial charge in [0.05, 0.1) is 6.61 Å². The molecule has 0 saturated heterocycles. The third-order valence-corrected chi connectivity index (χ3v) is 3.60. The third kappa shape index (κ3) is 2.23. The molecule has 0 aromatic carbocycles. The van der Waals surface area contributed by atoms with E-state index in [9.17, 15) is 5.11 Å². The molecule has 1 saturated carbocycles. The lowest BCUT2D eigenvalue weighted by atomic mass is 9.80. The van der Waals surface area contributed by atoms with Gasteiger partial charge in [0, 0.05) is 11.6 Å². The fraction of sp³-hybridized carbons (Fsp3) is 1.00. The van der Waals surface area contributed by atoms with Gasteiger partial charge in [0.25, 0.3) is 0 Å². The Labute approximate surface area is 81.9 Å². The Bertz CT molecular complexity index is 150. The van der Waals surface area contributed by atoms with E-state index < -0.39 is 0 Å². The van der Waals surface area contributed by atoms with Crippen LogP contribution < -0.4 is 0 Å². The summed E-state index contributed by atoms with van der Waals surface area (Å²) in [5, 5.41) is 9.52. The number of hydrogen-bond donors (Lipinski definition) is 1. The Morgan fingerprint density at radius 3 is 2.15 bits per heavy atom. The Kier molecular flexibility index (Phi) is 3.74. The van der Waals surface area contributed by atoms with E-state index in [0.717, 1.165) is 12.8 Å². The van der Waals surface area contributed by atoms with Gasteiger partial charge in [-0.3, -0.25) is 4.90 Å². The molecule has 2 heteroatoms. The molecule has 1 rings (SSSR count). The largest absolute Gasteiger partial charge is 0.394 e. The summed E-state index contributed by atoms with van der Waals surface area (Å²) in [5.74, 6) is 0. The van der Waals surface area contributed by atoms with Crippen LogP contribution in [0.25, 0.3) is 0 Å². The fourth-order valence-corrected chi connectivity index (χ4v) is 2.38. The van der Waals surface area contributed by atoms with Crippen molar-refractivity contribution in [2.24, 2.45) is 0 Å². The Morgan fingerprint density at radius 2 is 1.77 bits per heavy atom. The first kappa shape index (κ1) is 11.0. The minimum atomic E-state index is 0.0897. The first-order chi connectivity index (χ1) is 6.12. The van der Waals surface area contributed by atoms with Crippen LogP contribution in [-0.2, 0) is 0 Å². The number of likely N-dealkylation sites (N-methyl/N-ethyl adjacent to an activating group) is 1. The molecule has 0 bridgehead atoms. The third-order valence-electron chi connectivity index (χ3n) is 3.60. The minimum Gasteiger partial charge on any atom is -0.394 e. The maximum atomic E-state index is 9.52. The topological polar surface area (TPSA) is 23.5 Å². The highest BCUT2D eigenvalue weighted by Crippen LogP contribution is 2.33. The Morgan fingerprint density at radius 1 is 1.23 bits per heavy atom. The van der Waals surface area contributed by atoms with E-state index in [4.69, 9.17) is 0 Å². The molecule has 0 unspecified atom stereocenters. The molecule has 1 aliphatic rings. The highest BCUT2D eigenvalue weighted by atomic mass is 16.3. The lowest BCUT2D eigenvalue weighted by Crippen LogP contribution is -2.53. The average molecular weight is 185 g/mol. The van der Waals surface area contributed by atoms with Crippen molar-refractivity contribution in [1.82, 2.24) is 4.90 Å². The molecule has 0 heterocycles. The van der Waals surface area contributed by atoms with E-state index in [1.807, 2.05) is 0 Å². The van der Waals surface area contributed by atoms with Gasteiger partial charge in [-0.15, -0.1) is 0 Å². The summed E-state index contributed by atoms with van der Waals surface area (Å²) in [6.45, 7) is 4.72. The number of hydrogen-bond acceptors (Lipinski definition) is 2. The maximum Gasteiger partial charge on any atom is 0.0615 e. The molecule has 0 radical (unpaired) electrons. The normalized spacial score (nSPS) is 22.6. The van der Waals surface area contributed by atoms with Crippen LogP contribution in [-0.4, -0.2) is 35.2 Å². The molecule has 1 aliphatic carbocycles. The van der Waals surface area contributed by atoms with Crippen LogP contribution in [0.2, 0.25) is 0 Å². The summed E-state index contributed by atoms with van der Waals surface area (Å²) >= 11 is 0. The number of nitrogens with zero attached hydrogens (tertiary/aromatic N) is 1. The molecule has 0 aromatic rings. The van der Waals surface area contributed by atoms with E-state index in [1.54, 1.807) is 0 Å². The van der Waals surface area contributed by atoms with E-state index in [-0.39, 0.29) is 5.54 Å². The van der Waals surface area contributed by atoms with Crippen LogP contribution in [0.3, 0.4) is 0 Å². The quantitative estimate of drug-likeness (QED) is 0.727. The van der Waals surface area contributed by atoms with Gasteiger partial charge in [0.1, 0.15) is 0 Å². The van der Waals surface area contributed by atoms with E-state index >= 15 is 0 Å². The second kappa shape index (κ2) is 4.43. The molecule has 1 N–H and O–H groups in total. The summed E-state index contributed by atoms with van der Waals surface area (Å²) in [5.41, 5.74) is 0.0897. The SMILES string of the molecule is CC(C)N(C)C1(CO)CCCCC1. The molecule has 2 nitrogen and oxygen atoms in total. The van der Waals surface area contributed by atoms with Gasteiger partial charge in [-0.05, 0) is 33.7 Å². The summed E-state index contributed by atoms with van der Waals surface area (Å²) in [7, 11) is 2.15. The fourth-order valence-electron chi connectivity index (χ4n) is 2.38. The van der Waals surface area contributed by atoms with Crippen molar-refractivity contribution in [2.75, 3.05) is 13.7 Å². The zero-order chi connectivity index (χ0) is 9.90. The lowest BCUT2D eigenvalue weighted by molar-refractivity contribution is -0.000180. The first-order valence-electron chi connectivity index (χ1n) is 5.46. The smallest absolute Gasteiger partial charge is 0.0615 e. The van der Waals surface area contributed by atoms with Gasteiger partial charge in [-0.1, -0.05) is 19.3 Å². The van der Waals surface area contributed by atoms with Crippen LogP contribution in [0.15, 0.2) is 0 Å². The van der Waals surface area contributed by atoms with Crippen molar-refractivity contribution >= 4 is 0 Å². The molecular formula is C11H23NO. The van der Waals surface area contributed by atoms with Crippen molar-refractivity contribution in [2.45, 2.75) is 57.5 Å². The van der Waals surface area contributed by atoms with Crippen molar-refractivity contribution in [3.8, 4) is 0 Å². The van der Waals surface area contributed by atoms with Crippen LogP contribution in [0.4, 0.5) is 0 Å². The van der Waals surface area contributed by atoms with Crippen molar-refractivity contribution < 1.29 is 5.11 Å². The van der Waals surface area contributed by atoms with Gasteiger partial charge < -0.3 is 5.11 Å².